The fourth-order valence-corrected chi connectivity index (χ4v) is 1.56. The highest BCUT2D eigenvalue weighted by Gasteiger charge is 2.32. The van der Waals surface area contributed by atoms with Crippen LogP contribution >= 0.6 is 11.6 Å². The van der Waals surface area contributed by atoms with Gasteiger partial charge < -0.3 is 14.9 Å². The monoisotopic (exact) mass is 319 g/mol. The summed E-state index contributed by atoms with van der Waals surface area (Å²) in [5.74, 6) is -1.27. The highest BCUT2D eigenvalue weighted by atomic mass is 35.5. The molecule has 10 heteroatoms. The molecule has 0 radical (unpaired) electrons. The van der Waals surface area contributed by atoms with Gasteiger partial charge in [0.2, 0.25) is 11.6 Å². The quantitative estimate of drug-likeness (QED) is 0.634. The van der Waals surface area contributed by atoms with Crippen LogP contribution in [0.25, 0.3) is 0 Å². The molecule has 0 unspecified atom stereocenters. The fourth-order valence-electron chi connectivity index (χ4n) is 1.36. The minimum atomic E-state index is -4.60. The van der Waals surface area contributed by atoms with Gasteiger partial charge in [0.25, 0.3) is 0 Å². The van der Waals surface area contributed by atoms with Gasteiger partial charge in [0.1, 0.15) is 11.2 Å². The molecule has 2 aromatic rings. The summed E-state index contributed by atoms with van der Waals surface area (Å²) in [6, 6.07) is 3.20. The van der Waals surface area contributed by atoms with E-state index in [4.69, 9.17) is 16.3 Å². The maximum absolute atomic E-state index is 12.5. The van der Waals surface area contributed by atoms with Crippen molar-refractivity contribution in [1.82, 2.24) is 9.97 Å². The molecule has 0 amide bonds. The van der Waals surface area contributed by atoms with Gasteiger partial charge in [0.05, 0.1) is 5.56 Å². The van der Waals surface area contributed by atoms with Crippen molar-refractivity contribution in [3.8, 4) is 11.6 Å². The molecule has 0 aromatic carbocycles. The average molecular weight is 320 g/mol. The molecule has 6 nitrogen and oxygen atoms in total. The Kier molecular flexibility index (Phi) is 3.94. The van der Waals surface area contributed by atoms with E-state index in [1.54, 1.807) is 0 Å². The van der Waals surface area contributed by atoms with E-state index in [0.29, 0.717) is 12.3 Å². The summed E-state index contributed by atoms with van der Waals surface area (Å²) in [6.45, 7) is 0. The van der Waals surface area contributed by atoms with Crippen molar-refractivity contribution in [3.05, 3.63) is 51.3 Å². The van der Waals surface area contributed by atoms with Gasteiger partial charge in [-0.1, -0.05) is 11.6 Å². The van der Waals surface area contributed by atoms with Crippen molar-refractivity contribution in [1.29, 1.82) is 0 Å². The van der Waals surface area contributed by atoms with Crippen LogP contribution < -0.4 is 4.74 Å². The Morgan fingerprint density at radius 1 is 1.33 bits per heavy atom. The van der Waals surface area contributed by atoms with Gasteiger partial charge in [-0.2, -0.15) is 13.2 Å². The molecular weight excluding hydrogens is 315 g/mol. The third-order valence-corrected chi connectivity index (χ3v) is 2.54. The highest BCUT2D eigenvalue weighted by molar-refractivity contribution is 6.31. The summed E-state index contributed by atoms with van der Waals surface area (Å²) in [4.78, 5) is 16.8. The van der Waals surface area contributed by atoms with E-state index in [1.165, 1.54) is 18.3 Å². The smallest absolute Gasteiger partial charge is 0.417 e. The third kappa shape index (κ3) is 3.37. The van der Waals surface area contributed by atoms with Gasteiger partial charge in [-0.25, -0.2) is 4.98 Å². The molecule has 0 aliphatic heterocycles. The minimum Gasteiger partial charge on any atom is -0.429 e. The molecule has 21 heavy (non-hydrogen) atoms. The Morgan fingerprint density at radius 2 is 2.05 bits per heavy atom. The zero-order valence-electron chi connectivity index (χ0n) is 9.96. The van der Waals surface area contributed by atoms with Crippen molar-refractivity contribution < 1.29 is 22.8 Å². The molecular formula is C11H5ClF3N3O3. The fraction of sp³-hybridized carbons (Fsp3) is 0.0909. The van der Waals surface area contributed by atoms with Gasteiger partial charge in [0.15, 0.2) is 0 Å². The topological polar surface area (TPSA) is 78.2 Å². The molecule has 110 valence electrons. The van der Waals surface area contributed by atoms with Gasteiger partial charge in [-0.15, -0.1) is 0 Å². The molecule has 2 rings (SSSR count). The summed E-state index contributed by atoms with van der Waals surface area (Å²) in [6.07, 6.45) is -2.91. The molecule has 0 atom stereocenters. The van der Waals surface area contributed by atoms with Gasteiger partial charge in [-0.05, 0) is 28.1 Å². The molecule has 0 saturated heterocycles. The number of ether oxygens (including phenoxy) is 1. The zero-order valence-corrected chi connectivity index (χ0v) is 10.7. The Labute approximate surface area is 120 Å². The van der Waals surface area contributed by atoms with E-state index in [1.807, 2.05) is 0 Å². The lowest BCUT2D eigenvalue weighted by Gasteiger charge is -2.09. The number of hydrogen-bond acceptors (Lipinski definition) is 5. The lowest BCUT2D eigenvalue weighted by Crippen LogP contribution is -2.06. The first-order valence-corrected chi connectivity index (χ1v) is 5.67. The summed E-state index contributed by atoms with van der Waals surface area (Å²) in [5.41, 5.74) is -1.06. The predicted molar refractivity (Wildman–Crippen MR) is 65.2 cm³/mol. The number of aromatic nitrogens is 2. The van der Waals surface area contributed by atoms with Gasteiger partial charge >= 0.3 is 12.0 Å². The first-order valence-electron chi connectivity index (χ1n) is 5.29. The summed E-state index contributed by atoms with van der Waals surface area (Å²) < 4.78 is 42.4. The number of nitro groups is 1. The maximum atomic E-state index is 12.5. The van der Waals surface area contributed by atoms with Crippen LogP contribution in [-0.4, -0.2) is 14.9 Å². The Bertz CT molecular complexity index is 694. The number of nitrogens with zero attached hydrogens (tertiary/aromatic N) is 3. The van der Waals surface area contributed by atoms with Crippen LogP contribution in [0.5, 0.6) is 11.6 Å². The van der Waals surface area contributed by atoms with Gasteiger partial charge in [0, 0.05) is 6.20 Å². The number of alkyl halides is 3. The largest absolute Gasteiger partial charge is 0.429 e. The number of rotatable bonds is 3. The second kappa shape index (κ2) is 5.52. The first kappa shape index (κ1) is 15.0. The van der Waals surface area contributed by atoms with E-state index >= 15 is 0 Å². The summed E-state index contributed by atoms with van der Waals surface area (Å²) >= 11 is 5.64. The van der Waals surface area contributed by atoms with E-state index in [9.17, 15) is 23.3 Å². The van der Waals surface area contributed by atoms with Crippen LogP contribution in [0.3, 0.4) is 0 Å². The molecule has 0 bridgehead atoms. The van der Waals surface area contributed by atoms with E-state index in [0.717, 1.165) is 0 Å². The predicted octanol–water partition coefficient (Wildman–Crippen LogP) is 3.85. The number of hydrogen-bond donors (Lipinski definition) is 0. The second-order valence-corrected chi connectivity index (χ2v) is 4.10. The van der Waals surface area contributed by atoms with Crippen LogP contribution in [0.2, 0.25) is 5.02 Å². The minimum absolute atomic E-state index is 0.281. The van der Waals surface area contributed by atoms with Crippen molar-refractivity contribution in [2.75, 3.05) is 0 Å². The molecule has 0 aliphatic carbocycles. The number of pyridine rings is 2. The first-order chi connectivity index (χ1) is 9.79. The number of halogens is 4. The Morgan fingerprint density at radius 3 is 2.62 bits per heavy atom. The van der Waals surface area contributed by atoms with Crippen LogP contribution in [0.4, 0.5) is 19.0 Å². The van der Waals surface area contributed by atoms with Crippen molar-refractivity contribution >= 4 is 17.4 Å². The highest BCUT2D eigenvalue weighted by Crippen LogP contribution is 2.36. The van der Waals surface area contributed by atoms with Gasteiger partial charge in [-0.3, -0.25) is 0 Å². The van der Waals surface area contributed by atoms with Crippen LogP contribution in [0.15, 0.2) is 30.6 Å². The van der Waals surface area contributed by atoms with E-state index in [-0.39, 0.29) is 11.6 Å². The third-order valence-electron chi connectivity index (χ3n) is 2.27. The lowest BCUT2D eigenvalue weighted by atomic mass is 10.3. The van der Waals surface area contributed by atoms with E-state index < -0.39 is 27.5 Å². The lowest BCUT2D eigenvalue weighted by molar-refractivity contribution is -0.390. The maximum Gasteiger partial charge on any atom is 0.417 e. The second-order valence-electron chi connectivity index (χ2n) is 3.69. The SMILES string of the molecule is O=[N+]([O-])c1ncccc1Oc1ncc(C(F)(F)F)cc1Cl. The van der Waals surface area contributed by atoms with Crippen LogP contribution in [0.1, 0.15) is 5.56 Å². The molecule has 0 spiro atoms. The normalized spacial score (nSPS) is 11.2. The van der Waals surface area contributed by atoms with Crippen molar-refractivity contribution in [2.45, 2.75) is 6.18 Å². The molecule has 0 saturated carbocycles. The standard InChI is InChI=1S/C11H5ClF3N3O3/c12-7-4-6(11(13,14)15)5-17-10(7)21-8-2-1-3-16-9(8)18(19)20/h1-5H. The molecule has 0 N–H and O–H groups in total. The van der Waals surface area contributed by atoms with Crippen molar-refractivity contribution in [3.63, 3.8) is 0 Å². The van der Waals surface area contributed by atoms with Crippen LogP contribution in [-0.2, 0) is 6.18 Å². The molecule has 0 aliphatic rings. The van der Waals surface area contributed by atoms with Crippen LogP contribution in [0, 0.1) is 10.1 Å². The molecule has 2 aromatic heterocycles. The Balaban J connectivity index is 2.35. The molecule has 2 heterocycles. The van der Waals surface area contributed by atoms with Crippen molar-refractivity contribution in [2.24, 2.45) is 0 Å². The molecule has 0 fully saturated rings. The summed E-state index contributed by atoms with van der Waals surface area (Å²) in [7, 11) is 0. The van der Waals surface area contributed by atoms with E-state index in [2.05, 4.69) is 9.97 Å². The summed E-state index contributed by atoms with van der Waals surface area (Å²) in [5, 5.41) is 10.3. The zero-order chi connectivity index (χ0) is 15.6. The average Bonchev–Trinajstić information content (AvgIpc) is 2.40. The Hall–Kier alpha value is -2.42.